The van der Waals surface area contributed by atoms with Crippen LogP contribution in [0.1, 0.15) is 6.92 Å². The highest BCUT2D eigenvalue weighted by molar-refractivity contribution is 9.10. The normalized spacial score (nSPS) is 12.2. The maximum atomic E-state index is 11.2. The highest BCUT2D eigenvalue weighted by Crippen LogP contribution is 2.17. The molecule has 0 aromatic carbocycles. The Balaban J connectivity index is 2.75. The Morgan fingerprint density at radius 2 is 2.46 bits per heavy atom. The van der Waals surface area contributed by atoms with E-state index in [1.54, 1.807) is 25.3 Å². The summed E-state index contributed by atoms with van der Waals surface area (Å²) in [5.74, 6) is -0.228. The van der Waals surface area contributed by atoms with E-state index >= 15 is 0 Å². The van der Waals surface area contributed by atoms with E-state index in [1.807, 2.05) is 0 Å². The highest BCUT2D eigenvalue weighted by Gasteiger charge is 2.09. The van der Waals surface area contributed by atoms with Gasteiger partial charge in [0, 0.05) is 6.20 Å². The van der Waals surface area contributed by atoms with Crippen molar-refractivity contribution in [2.45, 2.75) is 13.0 Å². The lowest BCUT2D eigenvalue weighted by molar-refractivity contribution is -0.117. The van der Waals surface area contributed by atoms with Gasteiger partial charge >= 0.3 is 0 Å². The van der Waals surface area contributed by atoms with E-state index in [0.717, 1.165) is 0 Å². The average Bonchev–Trinajstić information content (AvgIpc) is 2.08. The molecule has 1 atom stereocenters. The molecule has 0 bridgehead atoms. The van der Waals surface area contributed by atoms with Crippen LogP contribution >= 0.6 is 15.9 Å². The Morgan fingerprint density at radius 3 is 3.00 bits per heavy atom. The molecule has 70 valence electrons. The lowest BCUT2D eigenvalue weighted by Crippen LogP contribution is -2.32. The van der Waals surface area contributed by atoms with Crippen LogP contribution < -0.4 is 11.1 Å². The van der Waals surface area contributed by atoms with Gasteiger partial charge in [-0.2, -0.15) is 0 Å². The molecule has 0 aliphatic rings. The first-order valence-electron chi connectivity index (χ1n) is 3.78. The Morgan fingerprint density at radius 1 is 1.77 bits per heavy atom. The molecule has 5 heteroatoms. The standard InChI is InChI=1S/C8H10BrN3O/c1-5(10)8(13)12-6-3-2-4-11-7(6)9/h2-5H,10H2,1H3,(H,12,13)/t5-/m1/s1. The number of aromatic nitrogens is 1. The molecule has 1 heterocycles. The van der Waals surface area contributed by atoms with Crippen LogP contribution in [0.3, 0.4) is 0 Å². The Bertz CT molecular complexity index is 314. The van der Waals surface area contributed by atoms with Gasteiger partial charge in [-0.15, -0.1) is 0 Å². The first-order chi connectivity index (χ1) is 6.11. The third-order valence-electron chi connectivity index (χ3n) is 1.43. The van der Waals surface area contributed by atoms with Crippen LogP contribution in [0, 0.1) is 0 Å². The fraction of sp³-hybridized carbons (Fsp3) is 0.250. The molecule has 1 amide bonds. The molecule has 0 unspecified atom stereocenters. The van der Waals surface area contributed by atoms with Crippen LogP contribution in [-0.2, 0) is 4.79 Å². The summed E-state index contributed by atoms with van der Waals surface area (Å²) in [6.07, 6.45) is 1.63. The molecule has 1 aromatic heterocycles. The SMILES string of the molecule is C[C@@H](N)C(=O)Nc1cccnc1Br. The number of halogens is 1. The molecule has 0 saturated heterocycles. The van der Waals surface area contributed by atoms with Gasteiger partial charge in [0.25, 0.3) is 0 Å². The lowest BCUT2D eigenvalue weighted by Gasteiger charge is -2.07. The zero-order valence-electron chi connectivity index (χ0n) is 7.12. The number of nitrogens with zero attached hydrogens (tertiary/aromatic N) is 1. The molecular formula is C8H10BrN3O. The van der Waals surface area contributed by atoms with Crippen LogP contribution in [0.5, 0.6) is 0 Å². The first-order valence-corrected chi connectivity index (χ1v) is 4.57. The summed E-state index contributed by atoms with van der Waals surface area (Å²) in [6, 6.07) is 2.96. The molecule has 4 nitrogen and oxygen atoms in total. The summed E-state index contributed by atoms with van der Waals surface area (Å²) in [6.45, 7) is 1.62. The van der Waals surface area contributed by atoms with E-state index in [9.17, 15) is 4.79 Å². The van der Waals surface area contributed by atoms with E-state index in [4.69, 9.17) is 5.73 Å². The van der Waals surface area contributed by atoms with Crippen molar-refractivity contribution in [3.05, 3.63) is 22.9 Å². The number of nitrogens with one attached hydrogen (secondary N) is 1. The summed E-state index contributed by atoms with van der Waals surface area (Å²) in [7, 11) is 0. The van der Waals surface area contributed by atoms with Crippen molar-refractivity contribution in [3.8, 4) is 0 Å². The molecule has 0 radical (unpaired) electrons. The second-order valence-corrected chi connectivity index (χ2v) is 3.37. The minimum absolute atomic E-state index is 0.228. The second-order valence-electron chi connectivity index (χ2n) is 2.62. The van der Waals surface area contributed by atoms with Crippen molar-refractivity contribution < 1.29 is 4.79 Å². The van der Waals surface area contributed by atoms with Crippen LogP contribution in [0.25, 0.3) is 0 Å². The summed E-state index contributed by atoms with van der Waals surface area (Å²) in [5.41, 5.74) is 6.02. The number of carbonyl (C=O) groups excluding carboxylic acids is 1. The number of anilines is 1. The fourth-order valence-corrected chi connectivity index (χ4v) is 1.08. The van der Waals surface area contributed by atoms with Crippen molar-refractivity contribution in [2.75, 3.05) is 5.32 Å². The van der Waals surface area contributed by atoms with Gasteiger partial charge in [0.15, 0.2) is 0 Å². The summed E-state index contributed by atoms with van der Waals surface area (Å²) < 4.78 is 0.601. The molecule has 1 rings (SSSR count). The summed E-state index contributed by atoms with van der Waals surface area (Å²) in [4.78, 5) is 15.1. The number of nitrogens with two attached hydrogens (primary N) is 1. The highest BCUT2D eigenvalue weighted by atomic mass is 79.9. The van der Waals surface area contributed by atoms with Crippen molar-refractivity contribution in [1.82, 2.24) is 4.98 Å². The Labute approximate surface area is 84.7 Å². The van der Waals surface area contributed by atoms with E-state index in [2.05, 4.69) is 26.2 Å². The quantitative estimate of drug-likeness (QED) is 0.766. The van der Waals surface area contributed by atoms with Gasteiger partial charge in [-0.1, -0.05) is 0 Å². The number of hydrogen-bond donors (Lipinski definition) is 2. The predicted molar refractivity (Wildman–Crippen MR) is 54.2 cm³/mol. The predicted octanol–water partition coefficient (Wildman–Crippen LogP) is 1.13. The van der Waals surface area contributed by atoms with Crippen molar-refractivity contribution in [3.63, 3.8) is 0 Å². The van der Waals surface area contributed by atoms with Crippen molar-refractivity contribution in [2.24, 2.45) is 5.73 Å². The van der Waals surface area contributed by atoms with Gasteiger partial charge in [-0.05, 0) is 35.0 Å². The van der Waals surface area contributed by atoms with Gasteiger partial charge in [0.2, 0.25) is 5.91 Å². The lowest BCUT2D eigenvalue weighted by atomic mass is 10.3. The van der Waals surface area contributed by atoms with Crippen LogP contribution in [0.15, 0.2) is 22.9 Å². The molecule has 0 aliphatic carbocycles. The van der Waals surface area contributed by atoms with E-state index in [-0.39, 0.29) is 5.91 Å². The van der Waals surface area contributed by atoms with Crippen molar-refractivity contribution in [1.29, 1.82) is 0 Å². The Hall–Kier alpha value is -0.940. The van der Waals surface area contributed by atoms with Gasteiger partial charge in [0.1, 0.15) is 4.60 Å². The monoisotopic (exact) mass is 243 g/mol. The minimum atomic E-state index is -0.521. The van der Waals surface area contributed by atoms with Gasteiger partial charge in [0.05, 0.1) is 11.7 Å². The van der Waals surface area contributed by atoms with E-state index in [0.29, 0.717) is 10.3 Å². The van der Waals surface area contributed by atoms with Crippen LogP contribution in [0.2, 0.25) is 0 Å². The third kappa shape index (κ3) is 2.78. The topological polar surface area (TPSA) is 68.0 Å². The number of carbonyl (C=O) groups is 1. The van der Waals surface area contributed by atoms with Crippen LogP contribution in [0.4, 0.5) is 5.69 Å². The van der Waals surface area contributed by atoms with Gasteiger partial charge < -0.3 is 11.1 Å². The average molecular weight is 244 g/mol. The van der Waals surface area contributed by atoms with Gasteiger partial charge in [-0.25, -0.2) is 4.98 Å². The number of hydrogen-bond acceptors (Lipinski definition) is 3. The largest absolute Gasteiger partial charge is 0.322 e. The fourth-order valence-electron chi connectivity index (χ4n) is 0.726. The molecule has 1 aromatic rings. The first kappa shape index (κ1) is 10.1. The summed E-state index contributed by atoms with van der Waals surface area (Å²) in [5, 5.41) is 2.64. The number of amides is 1. The molecule has 3 N–H and O–H groups in total. The smallest absolute Gasteiger partial charge is 0.241 e. The molecule has 0 aliphatic heterocycles. The molecule has 13 heavy (non-hydrogen) atoms. The zero-order chi connectivity index (χ0) is 9.84. The maximum absolute atomic E-state index is 11.2. The number of pyridine rings is 1. The zero-order valence-corrected chi connectivity index (χ0v) is 8.71. The van der Waals surface area contributed by atoms with E-state index in [1.165, 1.54) is 0 Å². The minimum Gasteiger partial charge on any atom is -0.322 e. The number of rotatable bonds is 2. The summed E-state index contributed by atoms with van der Waals surface area (Å²) >= 11 is 3.21. The van der Waals surface area contributed by atoms with Crippen molar-refractivity contribution >= 4 is 27.5 Å². The molecule has 0 saturated carbocycles. The maximum Gasteiger partial charge on any atom is 0.241 e. The van der Waals surface area contributed by atoms with Crippen LogP contribution in [-0.4, -0.2) is 16.9 Å². The molecule has 0 fully saturated rings. The Kier molecular flexibility index (Phi) is 3.39. The molecule has 0 spiro atoms. The second kappa shape index (κ2) is 4.34. The molecular weight excluding hydrogens is 234 g/mol. The third-order valence-corrected chi connectivity index (χ3v) is 2.06. The van der Waals surface area contributed by atoms with Gasteiger partial charge in [-0.3, -0.25) is 4.79 Å². The van der Waals surface area contributed by atoms with E-state index < -0.39 is 6.04 Å².